The topological polar surface area (TPSA) is 58.4 Å². The molecule has 0 radical (unpaired) electrons. The minimum atomic E-state index is -0.271. The van der Waals surface area contributed by atoms with Gasteiger partial charge in [-0.2, -0.15) is 0 Å². The van der Waals surface area contributed by atoms with Crippen molar-refractivity contribution in [1.82, 2.24) is 15.4 Å². The minimum absolute atomic E-state index is 0.0898. The molecule has 25 heavy (non-hydrogen) atoms. The summed E-state index contributed by atoms with van der Waals surface area (Å²) in [4.78, 5) is 14.4. The summed E-state index contributed by atoms with van der Waals surface area (Å²) in [5.74, 6) is 0.795. The Hall–Kier alpha value is -2.37. The quantitative estimate of drug-likeness (QED) is 0.895. The van der Waals surface area contributed by atoms with Crippen molar-refractivity contribution in [3.8, 4) is 0 Å². The molecule has 6 heteroatoms. The summed E-state index contributed by atoms with van der Waals surface area (Å²) in [5, 5.41) is 6.89. The monoisotopic (exact) mass is 345 g/mol. The average Bonchev–Trinajstić information content (AvgIpc) is 3.09. The molecule has 1 N–H and O–H groups in total. The van der Waals surface area contributed by atoms with Gasteiger partial charge in [-0.15, -0.1) is 0 Å². The van der Waals surface area contributed by atoms with Crippen LogP contribution in [-0.4, -0.2) is 22.6 Å². The molecule has 3 rings (SSSR count). The van der Waals surface area contributed by atoms with E-state index in [1.807, 2.05) is 26.0 Å². The van der Waals surface area contributed by atoms with E-state index in [-0.39, 0.29) is 23.8 Å². The fourth-order valence-corrected chi connectivity index (χ4v) is 3.19. The van der Waals surface area contributed by atoms with Gasteiger partial charge in [-0.05, 0) is 37.0 Å². The van der Waals surface area contributed by atoms with Gasteiger partial charge in [-0.25, -0.2) is 9.18 Å². The second-order valence-electron chi connectivity index (χ2n) is 6.79. The summed E-state index contributed by atoms with van der Waals surface area (Å²) in [6, 6.07) is 8.14. The highest BCUT2D eigenvalue weighted by Crippen LogP contribution is 2.31. The van der Waals surface area contributed by atoms with E-state index in [4.69, 9.17) is 4.52 Å². The first-order valence-electron chi connectivity index (χ1n) is 8.80. The minimum Gasteiger partial charge on any atom is -0.361 e. The Morgan fingerprint density at radius 3 is 2.96 bits per heavy atom. The number of hydrogen-bond acceptors (Lipinski definition) is 3. The Balaban J connectivity index is 1.66. The molecule has 0 spiro atoms. The third-order valence-electron chi connectivity index (χ3n) is 4.56. The largest absolute Gasteiger partial charge is 0.361 e. The molecule has 1 aromatic heterocycles. The lowest BCUT2D eigenvalue weighted by Crippen LogP contribution is -2.44. The smallest absolute Gasteiger partial charge is 0.318 e. The van der Waals surface area contributed by atoms with Gasteiger partial charge >= 0.3 is 6.03 Å². The number of urea groups is 1. The van der Waals surface area contributed by atoms with Crippen LogP contribution >= 0.6 is 0 Å². The third kappa shape index (κ3) is 4.18. The molecule has 0 aliphatic carbocycles. The number of amides is 2. The van der Waals surface area contributed by atoms with Crippen LogP contribution in [-0.2, 0) is 6.54 Å². The molecule has 2 heterocycles. The van der Waals surface area contributed by atoms with Gasteiger partial charge < -0.3 is 14.7 Å². The van der Waals surface area contributed by atoms with Crippen molar-refractivity contribution in [2.24, 2.45) is 0 Å². The van der Waals surface area contributed by atoms with Gasteiger partial charge in [0.15, 0.2) is 0 Å². The van der Waals surface area contributed by atoms with Crippen LogP contribution in [0.5, 0.6) is 0 Å². The summed E-state index contributed by atoms with van der Waals surface area (Å²) in [5.41, 5.74) is 1.55. The van der Waals surface area contributed by atoms with Gasteiger partial charge in [0.25, 0.3) is 0 Å². The van der Waals surface area contributed by atoms with Crippen LogP contribution in [0, 0.1) is 5.82 Å². The Bertz CT molecular complexity index is 729. The van der Waals surface area contributed by atoms with E-state index in [1.165, 1.54) is 12.1 Å². The number of aromatic nitrogens is 1. The summed E-state index contributed by atoms with van der Waals surface area (Å²) < 4.78 is 18.8. The summed E-state index contributed by atoms with van der Waals surface area (Å²) in [7, 11) is 0. The highest BCUT2D eigenvalue weighted by atomic mass is 19.1. The van der Waals surface area contributed by atoms with Crippen LogP contribution in [0.4, 0.5) is 9.18 Å². The van der Waals surface area contributed by atoms with Crippen molar-refractivity contribution in [3.05, 3.63) is 53.2 Å². The fraction of sp³-hybridized carbons (Fsp3) is 0.474. The zero-order valence-electron chi connectivity index (χ0n) is 14.7. The van der Waals surface area contributed by atoms with Gasteiger partial charge in [0, 0.05) is 18.5 Å². The fourth-order valence-electron chi connectivity index (χ4n) is 3.19. The number of likely N-dealkylation sites (tertiary alicyclic amines) is 1. The Morgan fingerprint density at radius 2 is 2.24 bits per heavy atom. The molecule has 0 saturated carbocycles. The van der Waals surface area contributed by atoms with Crippen molar-refractivity contribution in [1.29, 1.82) is 0 Å². The van der Waals surface area contributed by atoms with Gasteiger partial charge in [-0.3, -0.25) is 0 Å². The van der Waals surface area contributed by atoms with Gasteiger partial charge in [0.05, 0.1) is 12.6 Å². The molecule has 1 saturated heterocycles. The highest BCUT2D eigenvalue weighted by Gasteiger charge is 2.28. The van der Waals surface area contributed by atoms with E-state index in [0.29, 0.717) is 18.8 Å². The first-order chi connectivity index (χ1) is 12.0. The SMILES string of the molecule is CC(C)c1cc(CNC(=O)N2CCCC[C@@H]2c2cccc(F)c2)no1. The zero-order chi connectivity index (χ0) is 17.8. The maximum absolute atomic E-state index is 13.5. The molecule has 1 atom stereocenters. The summed E-state index contributed by atoms with van der Waals surface area (Å²) >= 11 is 0. The van der Waals surface area contributed by atoms with Crippen molar-refractivity contribution < 1.29 is 13.7 Å². The first-order valence-corrected chi connectivity index (χ1v) is 8.80. The molecule has 5 nitrogen and oxygen atoms in total. The highest BCUT2D eigenvalue weighted by molar-refractivity contribution is 5.74. The van der Waals surface area contributed by atoms with E-state index in [2.05, 4.69) is 10.5 Å². The number of benzene rings is 1. The van der Waals surface area contributed by atoms with Crippen molar-refractivity contribution in [2.45, 2.75) is 51.6 Å². The lowest BCUT2D eigenvalue weighted by atomic mass is 9.95. The number of rotatable bonds is 4. The Kier molecular flexibility index (Phi) is 5.36. The molecule has 0 unspecified atom stereocenters. The Labute approximate surface area is 147 Å². The molecule has 1 fully saturated rings. The second kappa shape index (κ2) is 7.68. The van der Waals surface area contributed by atoms with E-state index in [1.54, 1.807) is 11.0 Å². The molecular weight excluding hydrogens is 321 g/mol. The number of nitrogens with one attached hydrogen (secondary N) is 1. The second-order valence-corrected chi connectivity index (χ2v) is 6.79. The van der Waals surface area contributed by atoms with Gasteiger partial charge in [-0.1, -0.05) is 31.1 Å². The molecule has 1 aliphatic rings. The standard InChI is InChI=1S/C19H24FN3O2/c1-13(2)18-11-16(22-25-18)12-21-19(24)23-9-4-3-8-17(23)14-6-5-7-15(20)10-14/h5-7,10-11,13,17H,3-4,8-9,12H2,1-2H3,(H,21,24)/t17-/m1/s1. The Morgan fingerprint density at radius 1 is 1.40 bits per heavy atom. The number of nitrogens with zero attached hydrogens (tertiary/aromatic N) is 2. The molecule has 2 amide bonds. The van der Waals surface area contributed by atoms with Crippen molar-refractivity contribution in [2.75, 3.05) is 6.54 Å². The number of carbonyl (C=O) groups is 1. The summed E-state index contributed by atoms with van der Waals surface area (Å²) in [6.07, 6.45) is 2.84. The van der Waals surface area contributed by atoms with Crippen LogP contribution < -0.4 is 5.32 Å². The van der Waals surface area contributed by atoms with Crippen LogP contribution in [0.15, 0.2) is 34.9 Å². The normalized spacial score (nSPS) is 17.8. The van der Waals surface area contributed by atoms with Crippen LogP contribution in [0.2, 0.25) is 0 Å². The van der Waals surface area contributed by atoms with E-state index in [0.717, 1.165) is 30.6 Å². The maximum atomic E-state index is 13.5. The number of carbonyl (C=O) groups excluding carboxylic acids is 1. The molecule has 134 valence electrons. The van der Waals surface area contributed by atoms with Crippen LogP contribution in [0.1, 0.15) is 62.1 Å². The predicted molar refractivity (Wildman–Crippen MR) is 92.5 cm³/mol. The lowest BCUT2D eigenvalue weighted by molar-refractivity contribution is 0.151. The number of halogens is 1. The van der Waals surface area contributed by atoms with Crippen molar-refractivity contribution >= 4 is 6.03 Å². The molecule has 0 bridgehead atoms. The third-order valence-corrected chi connectivity index (χ3v) is 4.56. The van der Waals surface area contributed by atoms with E-state index in [9.17, 15) is 9.18 Å². The van der Waals surface area contributed by atoms with E-state index < -0.39 is 0 Å². The number of hydrogen-bond donors (Lipinski definition) is 1. The molecule has 1 aliphatic heterocycles. The number of piperidine rings is 1. The molecular formula is C19H24FN3O2. The zero-order valence-corrected chi connectivity index (χ0v) is 14.7. The summed E-state index contributed by atoms with van der Waals surface area (Å²) in [6.45, 7) is 5.05. The van der Waals surface area contributed by atoms with Crippen LogP contribution in [0.25, 0.3) is 0 Å². The predicted octanol–water partition coefficient (Wildman–Crippen LogP) is 4.37. The average molecular weight is 345 g/mol. The lowest BCUT2D eigenvalue weighted by Gasteiger charge is -2.36. The van der Waals surface area contributed by atoms with Gasteiger partial charge in [0.1, 0.15) is 17.3 Å². The van der Waals surface area contributed by atoms with Crippen LogP contribution in [0.3, 0.4) is 0 Å². The van der Waals surface area contributed by atoms with Crippen molar-refractivity contribution in [3.63, 3.8) is 0 Å². The van der Waals surface area contributed by atoms with Gasteiger partial charge in [0.2, 0.25) is 0 Å². The maximum Gasteiger partial charge on any atom is 0.318 e. The molecule has 2 aromatic rings. The molecule has 1 aromatic carbocycles. The van der Waals surface area contributed by atoms with E-state index >= 15 is 0 Å². The first kappa shape index (κ1) is 17.5.